The molecule has 1 aromatic heterocycles. The lowest BCUT2D eigenvalue weighted by Gasteiger charge is -2.25. The van der Waals surface area contributed by atoms with Gasteiger partial charge in [-0.15, -0.1) is 0 Å². The number of benzene rings is 1. The maximum absolute atomic E-state index is 11.4. The predicted octanol–water partition coefficient (Wildman–Crippen LogP) is 1.88. The zero-order valence-corrected chi connectivity index (χ0v) is 10.8. The number of fused-ring (bicyclic) bond motifs is 1. The Hall–Kier alpha value is -1.31. The first-order valence-electron chi connectivity index (χ1n) is 5.74. The smallest absolute Gasteiger partial charge is 0.243 e. The van der Waals surface area contributed by atoms with Crippen LogP contribution < -0.4 is 5.32 Å². The standard InChI is InChI=1S/C8H7NO2S.C4H7F2N/c10-12(11)8-5-9-7-4-2-1-3-6(7)8;5-4(6)3-1-7-2-3/h1-5,9H,(H,10,11);3-4,7H,1-2H2/p-1. The molecule has 2 heterocycles. The zero-order chi connectivity index (χ0) is 13.8. The van der Waals surface area contributed by atoms with E-state index in [0.29, 0.717) is 18.0 Å². The van der Waals surface area contributed by atoms with E-state index in [1.165, 1.54) is 6.20 Å². The first-order valence-corrected chi connectivity index (χ1v) is 6.81. The third kappa shape index (κ3) is 3.37. The molecule has 0 bridgehead atoms. The minimum absolute atomic E-state index is 0.325. The Labute approximate surface area is 111 Å². The van der Waals surface area contributed by atoms with Crippen molar-refractivity contribution in [1.29, 1.82) is 0 Å². The third-order valence-electron chi connectivity index (χ3n) is 2.90. The van der Waals surface area contributed by atoms with E-state index in [9.17, 15) is 17.5 Å². The summed E-state index contributed by atoms with van der Waals surface area (Å²) in [6.07, 6.45) is -0.616. The van der Waals surface area contributed by atoms with Crippen LogP contribution in [0.2, 0.25) is 0 Å². The maximum Gasteiger partial charge on any atom is 0.243 e. The highest BCUT2D eigenvalue weighted by Crippen LogP contribution is 2.19. The summed E-state index contributed by atoms with van der Waals surface area (Å²) in [6.45, 7) is 0.995. The topological polar surface area (TPSA) is 67.9 Å². The van der Waals surface area contributed by atoms with E-state index >= 15 is 0 Å². The summed E-state index contributed by atoms with van der Waals surface area (Å²) >= 11 is -2.15. The number of rotatable bonds is 2. The van der Waals surface area contributed by atoms with E-state index in [1.54, 1.807) is 6.07 Å². The Morgan fingerprint density at radius 1 is 1.32 bits per heavy atom. The normalized spacial score (nSPS) is 16.8. The first-order chi connectivity index (χ1) is 9.09. The Kier molecular flexibility index (Phi) is 4.62. The van der Waals surface area contributed by atoms with Crippen LogP contribution in [0.3, 0.4) is 0 Å². The molecule has 3 rings (SSSR count). The van der Waals surface area contributed by atoms with Gasteiger partial charge in [0, 0.05) is 36.1 Å². The van der Waals surface area contributed by atoms with Crippen molar-refractivity contribution in [2.75, 3.05) is 13.1 Å². The van der Waals surface area contributed by atoms with Gasteiger partial charge in [0.2, 0.25) is 6.43 Å². The van der Waals surface area contributed by atoms with Crippen LogP contribution in [0, 0.1) is 5.92 Å². The van der Waals surface area contributed by atoms with Crippen LogP contribution in [-0.2, 0) is 11.1 Å². The molecule has 2 N–H and O–H groups in total. The molecule has 1 aliphatic heterocycles. The molecule has 1 aromatic carbocycles. The largest absolute Gasteiger partial charge is 0.768 e. The second-order valence-electron chi connectivity index (χ2n) is 4.19. The van der Waals surface area contributed by atoms with Crippen LogP contribution in [0.25, 0.3) is 10.9 Å². The highest BCUT2D eigenvalue weighted by Gasteiger charge is 2.25. The van der Waals surface area contributed by atoms with Gasteiger partial charge in [-0.2, -0.15) is 0 Å². The van der Waals surface area contributed by atoms with Crippen molar-refractivity contribution in [3.63, 3.8) is 0 Å². The molecule has 0 aliphatic carbocycles. The van der Waals surface area contributed by atoms with E-state index in [1.807, 2.05) is 18.2 Å². The molecule has 4 nitrogen and oxygen atoms in total. The van der Waals surface area contributed by atoms with Crippen molar-refractivity contribution in [2.45, 2.75) is 11.3 Å². The van der Waals surface area contributed by atoms with Gasteiger partial charge in [-0.3, -0.25) is 4.21 Å². The number of hydrogen-bond donors (Lipinski definition) is 2. The zero-order valence-electron chi connectivity index (χ0n) is 9.94. The fourth-order valence-electron chi connectivity index (χ4n) is 1.67. The van der Waals surface area contributed by atoms with Crippen LogP contribution in [0.1, 0.15) is 0 Å². The van der Waals surface area contributed by atoms with Gasteiger partial charge >= 0.3 is 0 Å². The van der Waals surface area contributed by atoms with Gasteiger partial charge in [-0.1, -0.05) is 18.2 Å². The summed E-state index contributed by atoms with van der Waals surface area (Å²) in [5.41, 5.74) is 0.844. The van der Waals surface area contributed by atoms with Crippen molar-refractivity contribution < 1.29 is 17.5 Å². The maximum atomic E-state index is 11.4. The molecule has 1 saturated heterocycles. The van der Waals surface area contributed by atoms with Gasteiger partial charge in [0.25, 0.3) is 0 Å². The highest BCUT2D eigenvalue weighted by atomic mass is 32.2. The van der Waals surface area contributed by atoms with Crippen LogP contribution in [0.5, 0.6) is 0 Å². The van der Waals surface area contributed by atoms with Crippen LogP contribution >= 0.6 is 0 Å². The SMILES string of the molecule is FC(F)C1CNC1.O=S([O-])c1c[nH]c2ccccc12. The quantitative estimate of drug-likeness (QED) is 0.829. The molecule has 104 valence electrons. The number of para-hydroxylation sites is 1. The average Bonchev–Trinajstić information content (AvgIpc) is 2.70. The molecule has 0 amide bonds. The summed E-state index contributed by atoms with van der Waals surface area (Å²) in [7, 11) is 0. The Balaban J connectivity index is 0.000000163. The van der Waals surface area contributed by atoms with Gasteiger partial charge in [0.15, 0.2) is 0 Å². The van der Waals surface area contributed by atoms with Gasteiger partial charge in [-0.25, -0.2) is 8.78 Å². The summed E-state index contributed by atoms with van der Waals surface area (Å²) < 4.78 is 44.2. The van der Waals surface area contributed by atoms with E-state index in [0.717, 1.165) is 10.9 Å². The third-order valence-corrected chi connectivity index (χ3v) is 3.60. The van der Waals surface area contributed by atoms with Crippen molar-refractivity contribution >= 4 is 22.0 Å². The molecule has 1 unspecified atom stereocenters. The molecule has 0 saturated carbocycles. The second kappa shape index (κ2) is 6.23. The molecule has 0 spiro atoms. The first kappa shape index (κ1) is 14.1. The lowest BCUT2D eigenvalue weighted by atomic mass is 10.1. The molecule has 1 atom stereocenters. The van der Waals surface area contributed by atoms with Gasteiger partial charge in [0.1, 0.15) is 0 Å². The molecular weight excluding hydrogens is 274 g/mol. The highest BCUT2D eigenvalue weighted by molar-refractivity contribution is 7.79. The molecule has 19 heavy (non-hydrogen) atoms. The van der Waals surface area contributed by atoms with Crippen LogP contribution in [-0.4, -0.2) is 33.3 Å². The number of aromatic amines is 1. The average molecular weight is 287 g/mol. The van der Waals surface area contributed by atoms with Crippen molar-refractivity contribution in [2.24, 2.45) is 5.92 Å². The number of alkyl halides is 2. The summed E-state index contributed by atoms with van der Waals surface area (Å²) in [6, 6.07) is 7.28. The number of H-pyrrole nitrogens is 1. The van der Waals surface area contributed by atoms with E-state index in [2.05, 4.69) is 10.3 Å². The molecule has 1 aliphatic rings. The second-order valence-corrected chi connectivity index (χ2v) is 5.10. The summed E-state index contributed by atoms with van der Waals surface area (Å²) in [5.74, 6) is -0.361. The van der Waals surface area contributed by atoms with Crippen molar-refractivity contribution in [3.05, 3.63) is 30.5 Å². The molecule has 0 radical (unpaired) electrons. The summed E-state index contributed by atoms with van der Waals surface area (Å²) in [4.78, 5) is 3.20. The minimum atomic E-state index is -2.15. The van der Waals surface area contributed by atoms with E-state index < -0.39 is 17.5 Å². The molecular formula is C12H13F2N2O2S-. The summed E-state index contributed by atoms with van der Waals surface area (Å²) in [5, 5.41) is 3.50. The molecule has 1 fully saturated rings. The number of aromatic nitrogens is 1. The predicted molar refractivity (Wildman–Crippen MR) is 67.8 cm³/mol. The Morgan fingerprint density at radius 3 is 2.47 bits per heavy atom. The fraction of sp³-hybridized carbons (Fsp3) is 0.333. The number of nitrogens with one attached hydrogen (secondary N) is 2. The van der Waals surface area contributed by atoms with E-state index in [4.69, 9.17) is 0 Å². The van der Waals surface area contributed by atoms with Crippen LogP contribution in [0.15, 0.2) is 35.4 Å². The van der Waals surface area contributed by atoms with Crippen LogP contribution in [0.4, 0.5) is 8.78 Å². The van der Waals surface area contributed by atoms with Gasteiger partial charge in [-0.05, 0) is 17.1 Å². The van der Waals surface area contributed by atoms with Crippen molar-refractivity contribution in [1.82, 2.24) is 10.3 Å². The lowest BCUT2D eigenvalue weighted by Crippen LogP contribution is -2.45. The lowest BCUT2D eigenvalue weighted by molar-refractivity contribution is 0.0485. The Bertz CT molecular complexity index is 570. The Morgan fingerprint density at radius 2 is 2.00 bits per heavy atom. The van der Waals surface area contributed by atoms with E-state index in [-0.39, 0.29) is 5.92 Å². The van der Waals surface area contributed by atoms with Gasteiger partial charge < -0.3 is 14.9 Å². The molecule has 2 aromatic rings. The number of halogens is 2. The fourth-order valence-corrected chi connectivity index (χ4v) is 2.18. The van der Waals surface area contributed by atoms with Gasteiger partial charge in [0.05, 0.1) is 4.90 Å². The minimum Gasteiger partial charge on any atom is -0.768 e. The monoisotopic (exact) mass is 287 g/mol. The van der Waals surface area contributed by atoms with Crippen molar-refractivity contribution in [3.8, 4) is 0 Å². The molecule has 7 heteroatoms. The number of hydrogen-bond acceptors (Lipinski definition) is 3.